The number of benzene rings is 1. The van der Waals surface area contributed by atoms with Crippen LogP contribution < -0.4 is 5.32 Å². The maximum absolute atomic E-state index is 11.5. The second-order valence-corrected chi connectivity index (χ2v) is 29.6. The molecule has 0 aliphatic heterocycles. The van der Waals surface area contributed by atoms with Crippen LogP contribution in [-0.4, -0.2) is 11.5 Å². The summed E-state index contributed by atoms with van der Waals surface area (Å²) in [7, 11) is 0. The predicted molar refractivity (Wildman–Crippen MR) is 342 cm³/mol. The van der Waals surface area contributed by atoms with Crippen molar-refractivity contribution in [3.8, 4) is 0 Å². The summed E-state index contributed by atoms with van der Waals surface area (Å²) in [4.78, 5) is 11.3. The Bertz CT molecular complexity index is 1250. The molecule has 76 heavy (non-hydrogen) atoms. The molecule has 4 heteroatoms. The lowest BCUT2D eigenvalue weighted by Crippen LogP contribution is -2.16. The van der Waals surface area contributed by atoms with E-state index < -0.39 is 0 Å². The van der Waals surface area contributed by atoms with Crippen LogP contribution in [0.5, 0.6) is 0 Å². The first-order valence-corrected chi connectivity index (χ1v) is 34.1. The average Bonchev–Trinajstić information content (AvgIpc) is 3.34. The van der Waals surface area contributed by atoms with Crippen LogP contribution >= 0.6 is 0 Å². The molecule has 0 aromatic heterocycles. The minimum atomic E-state index is -0.274. The summed E-state index contributed by atoms with van der Waals surface area (Å²) >= 11 is 0. The van der Waals surface area contributed by atoms with Gasteiger partial charge >= 0.3 is 0 Å². The molecule has 0 aliphatic rings. The van der Waals surface area contributed by atoms with Gasteiger partial charge in [-0.2, -0.15) is 0 Å². The zero-order valence-electron chi connectivity index (χ0n) is 54.5. The second kappa shape index (κ2) is 45.1. The van der Waals surface area contributed by atoms with E-state index in [9.17, 15) is 10.1 Å². The molecule has 0 bridgehead atoms. The number of nitrogens with zero attached hydrogens (tertiary/aromatic N) is 1. The monoisotopic (exact) mass is 1060 g/mol. The van der Waals surface area contributed by atoms with Crippen molar-refractivity contribution in [3.05, 3.63) is 34.4 Å². The zero-order valence-corrected chi connectivity index (χ0v) is 54.5. The topological polar surface area (TPSA) is 55.2 Å². The first kappa shape index (κ1) is 72.4. The number of anilines is 1. The van der Waals surface area contributed by atoms with Gasteiger partial charge in [0.15, 0.2) is 0 Å². The SMILES string of the molecule is CC(C)CCC(CCCC(CCCC(CCC(C)C)CCC(C)C)CCCC(CCCC(CCCC(CCC(C)C)CCC(C)C)CCCC(CCC(C)C)CCC(C)C)CNc1ccc([N+](=O)[O-])cc1)CCC(C)C. The number of nitro benzene ring substituents is 1. The van der Waals surface area contributed by atoms with Crippen LogP contribution in [0, 0.1) is 98.9 Å². The maximum atomic E-state index is 11.5. The molecule has 1 N–H and O–H groups in total. The van der Waals surface area contributed by atoms with Gasteiger partial charge in [0.2, 0.25) is 0 Å². The van der Waals surface area contributed by atoms with E-state index in [1.165, 1.54) is 218 Å². The Morgan fingerprint density at radius 1 is 0.289 bits per heavy atom. The number of nitrogens with one attached hydrogen (secondary N) is 1. The van der Waals surface area contributed by atoms with Crippen molar-refractivity contribution in [3.63, 3.8) is 0 Å². The van der Waals surface area contributed by atoms with Crippen LogP contribution in [0.25, 0.3) is 0 Å². The van der Waals surface area contributed by atoms with E-state index in [4.69, 9.17) is 0 Å². The lowest BCUT2D eigenvalue weighted by Gasteiger charge is -2.25. The van der Waals surface area contributed by atoms with E-state index in [0.717, 1.165) is 95.1 Å². The van der Waals surface area contributed by atoms with Gasteiger partial charge in [0.05, 0.1) is 4.92 Å². The van der Waals surface area contributed by atoms with E-state index in [0.29, 0.717) is 5.92 Å². The van der Waals surface area contributed by atoms with Crippen LogP contribution in [0.4, 0.5) is 11.4 Å². The molecule has 1 aromatic carbocycles. The highest BCUT2D eigenvalue weighted by molar-refractivity contribution is 5.48. The van der Waals surface area contributed by atoms with Crippen molar-refractivity contribution in [2.75, 3.05) is 11.9 Å². The van der Waals surface area contributed by atoms with Crippen molar-refractivity contribution in [2.24, 2.45) is 88.8 Å². The Morgan fingerprint density at radius 3 is 0.658 bits per heavy atom. The van der Waals surface area contributed by atoms with Crippen molar-refractivity contribution in [2.45, 2.75) is 329 Å². The van der Waals surface area contributed by atoms with E-state index in [1.807, 2.05) is 12.1 Å². The highest BCUT2D eigenvalue weighted by atomic mass is 16.6. The van der Waals surface area contributed by atoms with Gasteiger partial charge in [0.1, 0.15) is 0 Å². The molecule has 0 saturated carbocycles. The molecule has 0 heterocycles. The second-order valence-electron chi connectivity index (χ2n) is 29.6. The summed E-state index contributed by atoms with van der Waals surface area (Å²) in [6.45, 7) is 39.6. The molecule has 0 aliphatic carbocycles. The normalized spacial score (nSPS) is 12.8. The quantitative estimate of drug-likeness (QED) is 0.0522. The summed E-state index contributed by atoms with van der Waals surface area (Å²) < 4.78 is 0. The predicted octanol–water partition coefficient (Wildman–Crippen LogP) is 24.8. The summed E-state index contributed by atoms with van der Waals surface area (Å²) in [6, 6.07) is 7.20. The zero-order chi connectivity index (χ0) is 56.7. The van der Waals surface area contributed by atoms with E-state index in [-0.39, 0.29) is 10.6 Å². The minimum absolute atomic E-state index is 0.175. The minimum Gasteiger partial charge on any atom is -0.385 e. The summed E-state index contributed by atoms with van der Waals surface area (Å²) in [5.41, 5.74) is 1.20. The standard InChI is InChI=1S/C72H138N2O2/c1-56(2)35-43-66(44-36-57(3)4)29-17-23-64(24-18-30-67(45-37-58(5)6)46-38-59(7)8)27-21-33-70(55-73-71-51-53-72(54-52-71)74(75)76)34-22-28-65(25-19-31-68(47-39-60(9)10)48-40-61(11)12)26-20-32-69(49-41-62(13)14)50-42-63(15)16/h51-54,56-70,73H,17-50,55H2,1-16H3. The van der Waals surface area contributed by atoms with Gasteiger partial charge in [0.25, 0.3) is 5.69 Å². The van der Waals surface area contributed by atoms with Gasteiger partial charge in [-0.3, -0.25) is 10.1 Å². The molecule has 448 valence electrons. The summed E-state index contributed by atoms with van der Waals surface area (Å²) in [5, 5.41) is 15.3. The van der Waals surface area contributed by atoms with Gasteiger partial charge in [-0.1, -0.05) is 316 Å². The molecule has 0 fully saturated rings. The molecule has 0 saturated heterocycles. The number of non-ortho nitro benzene ring substituents is 1. The van der Waals surface area contributed by atoms with Gasteiger partial charge in [0, 0.05) is 24.4 Å². The van der Waals surface area contributed by atoms with E-state index in [2.05, 4.69) is 116 Å². The van der Waals surface area contributed by atoms with Crippen LogP contribution in [0.1, 0.15) is 329 Å². The largest absolute Gasteiger partial charge is 0.385 e. The fourth-order valence-electron chi connectivity index (χ4n) is 12.6. The van der Waals surface area contributed by atoms with Crippen molar-refractivity contribution >= 4 is 11.4 Å². The molecule has 1 rings (SSSR count). The van der Waals surface area contributed by atoms with Gasteiger partial charge in [-0.15, -0.1) is 0 Å². The Kier molecular flexibility index (Phi) is 43.0. The van der Waals surface area contributed by atoms with Crippen LogP contribution in [-0.2, 0) is 0 Å². The van der Waals surface area contributed by atoms with Gasteiger partial charge in [-0.25, -0.2) is 0 Å². The molecule has 0 radical (unpaired) electrons. The Morgan fingerprint density at radius 2 is 0.474 bits per heavy atom. The molecule has 0 atom stereocenters. The molecule has 4 nitrogen and oxygen atoms in total. The molecular weight excluding hydrogens is 925 g/mol. The van der Waals surface area contributed by atoms with Gasteiger partial charge in [-0.05, 0) is 114 Å². The van der Waals surface area contributed by atoms with E-state index in [1.54, 1.807) is 12.1 Å². The average molecular weight is 1060 g/mol. The number of rotatable bonds is 52. The van der Waals surface area contributed by atoms with Crippen LogP contribution in [0.15, 0.2) is 24.3 Å². The highest BCUT2D eigenvalue weighted by Crippen LogP contribution is 2.35. The van der Waals surface area contributed by atoms with Crippen LogP contribution in [0.2, 0.25) is 0 Å². The number of hydrogen-bond donors (Lipinski definition) is 1. The number of nitro groups is 1. The fourth-order valence-corrected chi connectivity index (χ4v) is 12.6. The Labute approximate surface area is 478 Å². The smallest absolute Gasteiger partial charge is 0.269 e. The molecule has 0 unspecified atom stereocenters. The molecular formula is C72H138N2O2. The lowest BCUT2D eigenvalue weighted by atomic mass is 9.82. The lowest BCUT2D eigenvalue weighted by molar-refractivity contribution is -0.384. The maximum Gasteiger partial charge on any atom is 0.269 e. The third-order valence-electron chi connectivity index (χ3n) is 18.2. The molecule has 0 spiro atoms. The molecule has 0 amide bonds. The summed E-state index contributed by atoms with van der Waals surface area (Å²) in [6.07, 6.45) is 47.4. The highest BCUT2D eigenvalue weighted by Gasteiger charge is 2.21. The van der Waals surface area contributed by atoms with E-state index >= 15 is 0 Å². The van der Waals surface area contributed by atoms with Gasteiger partial charge < -0.3 is 5.32 Å². The van der Waals surface area contributed by atoms with Crippen molar-refractivity contribution < 1.29 is 4.92 Å². The first-order chi connectivity index (χ1) is 36.1. The fraction of sp³-hybridized carbons (Fsp3) is 0.917. The third-order valence-corrected chi connectivity index (χ3v) is 18.2. The van der Waals surface area contributed by atoms with Crippen molar-refractivity contribution in [1.29, 1.82) is 0 Å². The Balaban J connectivity index is 3.34. The summed E-state index contributed by atoms with van der Waals surface area (Å²) in [5.74, 6) is 12.3. The van der Waals surface area contributed by atoms with Crippen molar-refractivity contribution in [1.82, 2.24) is 0 Å². The number of hydrogen-bond acceptors (Lipinski definition) is 3. The van der Waals surface area contributed by atoms with Crippen LogP contribution in [0.3, 0.4) is 0 Å². The third kappa shape index (κ3) is 42.3. The molecule has 1 aromatic rings. The Hall–Kier alpha value is -1.58. The first-order valence-electron chi connectivity index (χ1n) is 34.1.